The summed E-state index contributed by atoms with van der Waals surface area (Å²) in [5, 5.41) is 5.67. The van der Waals surface area contributed by atoms with Gasteiger partial charge in [0.15, 0.2) is 0 Å². The molecule has 1 aromatic carbocycles. The van der Waals surface area contributed by atoms with Gasteiger partial charge in [-0.25, -0.2) is 4.79 Å². The van der Waals surface area contributed by atoms with Crippen molar-refractivity contribution in [1.29, 1.82) is 0 Å². The van der Waals surface area contributed by atoms with Crippen molar-refractivity contribution in [3.63, 3.8) is 0 Å². The molecule has 0 aromatic heterocycles. The maximum absolute atomic E-state index is 12.4. The van der Waals surface area contributed by atoms with Crippen LogP contribution in [0.2, 0.25) is 0 Å². The number of rotatable bonds is 5. The molecule has 1 aliphatic heterocycles. The quantitative estimate of drug-likeness (QED) is 0.871. The molecule has 0 bridgehead atoms. The second kappa shape index (κ2) is 7.35. The first-order valence-electron chi connectivity index (χ1n) is 8.02. The second-order valence-electron chi connectivity index (χ2n) is 5.71. The van der Waals surface area contributed by atoms with E-state index < -0.39 is 0 Å². The van der Waals surface area contributed by atoms with E-state index in [1.54, 1.807) is 0 Å². The lowest BCUT2D eigenvalue weighted by Crippen LogP contribution is -2.46. The molecular weight excluding hydrogens is 294 g/mol. The van der Waals surface area contributed by atoms with E-state index >= 15 is 0 Å². The van der Waals surface area contributed by atoms with Gasteiger partial charge in [-0.3, -0.25) is 4.79 Å². The standard InChI is InChI=1S/C17H25N3O3/c1-5-18-15(21)9-20(6-2)17(22)19-14-10-23-16-12(4)11(3)7-8-13(14)16/h7-8,14H,5-6,9-10H2,1-4H3,(H,18,21)(H,19,22). The van der Waals surface area contributed by atoms with Gasteiger partial charge in [-0.15, -0.1) is 0 Å². The molecule has 23 heavy (non-hydrogen) atoms. The third kappa shape index (κ3) is 3.75. The minimum Gasteiger partial charge on any atom is -0.490 e. The predicted octanol–water partition coefficient (Wildman–Crippen LogP) is 1.90. The number of ether oxygens (including phenoxy) is 1. The molecule has 3 amide bonds. The molecule has 0 fully saturated rings. The van der Waals surface area contributed by atoms with Gasteiger partial charge < -0.3 is 20.3 Å². The Bertz CT molecular complexity index is 601. The Morgan fingerprint density at radius 2 is 2.04 bits per heavy atom. The summed E-state index contributed by atoms with van der Waals surface area (Å²) >= 11 is 0. The second-order valence-corrected chi connectivity index (χ2v) is 5.71. The summed E-state index contributed by atoms with van der Waals surface area (Å²) in [7, 11) is 0. The zero-order valence-electron chi connectivity index (χ0n) is 14.2. The van der Waals surface area contributed by atoms with Gasteiger partial charge in [-0.05, 0) is 38.8 Å². The Kier molecular flexibility index (Phi) is 5.47. The van der Waals surface area contributed by atoms with E-state index in [1.165, 1.54) is 10.5 Å². The number of urea groups is 1. The largest absolute Gasteiger partial charge is 0.490 e. The summed E-state index contributed by atoms with van der Waals surface area (Å²) in [6, 6.07) is 3.60. The van der Waals surface area contributed by atoms with Gasteiger partial charge >= 0.3 is 6.03 Å². The highest BCUT2D eigenvalue weighted by Crippen LogP contribution is 2.36. The highest BCUT2D eigenvalue weighted by molar-refractivity contribution is 5.84. The summed E-state index contributed by atoms with van der Waals surface area (Å²) in [6.45, 7) is 9.27. The number of amides is 3. The Balaban J connectivity index is 2.04. The molecule has 0 aliphatic carbocycles. The van der Waals surface area contributed by atoms with Crippen LogP contribution in [-0.4, -0.2) is 43.1 Å². The van der Waals surface area contributed by atoms with E-state index in [0.29, 0.717) is 19.7 Å². The first-order valence-corrected chi connectivity index (χ1v) is 8.02. The molecule has 2 rings (SSSR count). The number of likely N-dealkylation sites (N-methyl/N-ethyl adjacent to an activating group) is 2. The number of carbonyl (C=O) groups excluding carboxylic acids is 2. The molecule has 1 heterocycles. The molecule has 126 valence electrons. The molecule has 0 radical (unpaired) electrons. The van der Waals surface area contributed by atoms with Crippen molar-refractivity contribution in [3.8, 4) is 5.75 Å². The van der Waals surface area contributed by atoms with E-state index in [1.807, 2.05) is 39.8 Å². The van der Waals surface area contributed by atoms with Crippen molar-refractivity contribution in [3.05, 3.63) is 28.8 Å². The highest BCUT2D eigenvalue weighted by atomic mass is 16.5. The number of nitrogens with one attached hydrogen (secondary N) is 2. The Morgan fingerprint density at radius 1 is 1.30 bits per heavy atom. The zero-order chi connectivity index (χ0) is 17.0. The van der Waals surface area contributed by atoms with Gasteiger partial charge in [0.2, 0.25) is 5.91 Å². The third-order valence-corrected chi connectivity index (χ3v) is 4.15. The molecule has 6 nitrogen and oxygen atoms in total. The third-order valence-electron chi connectivity index (χ3n) is 4.15. The lowest BCUT2D eigenvalue weighted by molar-refractivity contribution is -0.121. The number of benzene rings is 1. The molecular formula is C17H25N3O3. The van der Waals surface area contributed by atoms with Crippen molar-refractivity contribution < 1.29 is 14.3 Å². The number of fused-ring (bicyclic) bond motifs is 1. The van der Waals surface area contributed by atoms with Gasteiger partial charge in [0, 0.05) is 18.7 Å². The lowest BCUT2D eigenvalue weighted by Gasteiger charge is -2.23. The van der Waals surface area contributed by atoms with E-state index in [9.17, 15) is 9.59 Å². The van der Waals surface area contributed by atoms with Gasteiger partial charge in [0.05, 0.1) is 6.04 Å². The normalized spacial score (nSPS) is 15.6. The minimum absolute atomic E-state index is 0.0591. The fourth-order valence-corrected chi connectivity index (χ4v) is 2.65. The predicted molar refractivity (Wildman–Crippen MR) is 88.6 cm³/mol. The monoisotopic (exact) mass is 319 g/mol. The van der Waals surface area contributed by atoms with Crippen molar-refractivity contribution >= 4 is 11.9 Å². The molecule has 2 N–H and O–H groups in total. The molecule has 1 unspecified atom stereocenters. The topological polar surface area (TPSA) is 70.7 Å². The van der Waals surface area contributed by atoms with Crippen molar-refractivity contribution in [2.45, 2.75) is 33.7 Å². The molecule has 1 aliphatic rings. The van der Waals surface area contributed by atoms with E-state index in [0.717, 1.165) is 16.9 Å². The van der Waals surface area contributed by atoms with E-state index in [2.05, 4.69) is 10.6 Å². The molecule has 6 heteroatoms. The van der Waals surface area contributed by atoms with Gasteiger partial charge in [0.25, 0.3) is 0 Å². The number of nitrogens with zero attached hydrogens (tertiary/aromatic N) is 1. The summed E-state index contributed by atoms with van der Waals surface area (Å²) in [4.78, 5) is 25.6. The van der Waals surface area contributed by atoms with Crippen LogP contribution in [0.15, 0.2) is 12.1 Å². The number of aryl methyl sites for hydroxylation is 1. The molecule has 0 spiro atoms. The lowest BCUT2D eigenvalue weighted by atomic mass is 10.0. The summed E-state index contributed by atoms with van der Waals surface area (Å²) < 4.78 is 5.74. The van der Waals surface area contributed by atoms with Crippen LogP contribution in [0, 0.1) is 13.8 Å². The van der Waals surface area contributed by atoms with Crippen molar-refractivity contribution in [2.24, 2.45) is 0 Å². The van der Waals surface area contributed by atoms with Gasteiger partial charge in [-0.1, -0.05) is 12.1 Å². The van der Waals surface area contributed by atoms with Crippen LogP contribution >= 0.6 is 0 Å². The first kappa shape index (κ1) is 17.1. The molecule has 1 aromatic rings. The van der Waals surface area contributed by atoms with Crippen LogP contribution in [0.1, 0.15) is 36.6 Å². The minimum atomic E-state index is -0.251. The fourth-order valence-electron chi connectivity index (χ4n) is 2.65. The summed E-state index contributed by atoms with van der Waals surface area (Å²) in [5.74, 6) is 0.709. The summed E-state index contributed by atoms with van der Waals surface area (Å²) in [5.41, 5.74) is 3.27. The number of hydrogen-bond donors (Lipinski definition) is 2. The zero-order valence-corrected chi connectivity index (χ0v) is 14.2. The van der Waals surface area contributed by atoms with Crippen LogP contribution in [0.25, 0.3) is 0 Å². The van der Waals surface area contributed by atoms with Crippen LogP contribution in [0.4, 0.5) is 4.79 Å². The van der Waals surface area contributed by atoms with Crippen LogP contribution in [-0.2, 0) is 4.79 Å². The van der Waals surface area contributed by atoms with Crippen LogP contribution < -0.4 is 15.4 Å². The SMILES string of the molecule is CCNC(=O)CN(CC)C(=O)NC1COc2c1ccc(C)c2C. The average Bonchev–Trinajstić information content (AvgIpc) is 2.92. The van der Waals surface area contributed by atoms with Crippen LogP contribution in [0.5, 0.6) is 5.75 Å². The highest BCUT2D eigenvalue weighted by Gasteiger charge is 2.29. The van der Waals surface area contributed by atoms with Crippen LogP contribution in [0.3, 0.4) is 0 Å². The molecule has 0 saturated carbocycles. The van der Waals surface area contributed by atoms with Gasteiger partial charge in [0.1, 0.15) is 18.9 Å². The molecule has 0 saturated heterocycles. The first-order chi connectivity index (χ1) is 11.0. The van der Waals surface area contributed by atoms with Crippen molar-refractivity contribution in [2.75, 3.05) is 26.2 Å². The van der Waals surface area contributed by atoms with Crippen molar-refractivity contribution in [1.82, 2.24) is 15.5 Å². The Hall–Kier alpha value is -2.24. The fraction of sp³-hybridized carbons (Fsp3) is 0.529. The number of hydrogen-bond acceptors (Lipinski definition) is 3. The number of carbonyl (C=O) groups is 2. The maximum atomic E-state index is 12.4. The van der Waals surface area contributed by atoms with E-state index in [4.69, 9.17) is 4.74 Å². The Morgan fingerprint density at radius 3 is 2.70 bits per heavy atom. The smallest absolute Gasteiger partial charge is 0.318 e. The van der Waals surface area contributed by atoms with Gasteiger partial charge in [-0.2, -0.15) is 0 Å². The Labute approximate surface area is 137 Å². The van der Waals surface area contributed by atoms with E-state index in [-0.39, 0.29) is 24.5 Å². The maximum Gasteiger partial charge on any atom is 0.318 e. The average molecular weight is 319 g/mol. The summed E-state index contributed by atoms with van der Waals surface area (Å²) in [6.07, 6.45) is 0. The molecule has 1 atom stereocenters.